The molecule has 1 fully saturated rings. The van der Waals surface area contributed by atoms with E-state index in [0.29, 0.717) is 23.6 Å². The molecular formula is C24H21ClF2N6O4S. The molecule has 0 aliphatic carbocycles. The Labute approximate surface area is 223 Å². The molecule has 1 aliphatic heterocycles. The van der Waals surface area contributed by atoms with E-state index >= 15 is 0 Å². The van der Waals surface area contributed by atoms with Gasteiger partial charge in [-0.15, -0.1) is 11.3 Å². The number of halogens is 3. The average Bonchev–Trinajstić information content (AvgIpc) is 3.63. The van der Waals surface area contributed by atoms with Crippen molar-refractivity contribution >= 4 is 45.4 Å². The highest BCUT2D eigenvalue weighted by atomic mass is 35.5. The van der Waals surface area contributed by atoms with Crippen LogP contribution < -0.4 is 10.1 Å². The number of nitrogens with zero attached hydrogens (tertiary/aromatic N) is 5. The van der Waals surface area contributed by atoms with Gasteiger partial charge in [0.15, 0.2) is 5.65 Å². The number of carbonyl (C=O) groups excluding carboxylic acids is 2. The third-order valence-electron chi connectivity index (χ3n) is 6.05. The predicted octanol–water partition coefficient (Wildman–Crippen LogP) is 3.89. The van der Waals surface area contributed by atoms with Crippen molar-refractivity contribution in [1.82, 2.24) is 24.5 Å². The van der Waals surface area contributed by atoms with Gasteiger partial charge in [-0.3, -0.25) is 9.59 Å². The summed E-state index contributed by atoms with van der Waals surface area (Å²) in [6, 6.07) is 5.48. The Balaban J connectivity index is 1.52. The van der Waals surface area contributed by atoms with Crippen molar-refractivity contribution < 1.29 is 28.2 Å². The van der Waals surface area contributed by atoms with Crippen molar-refractivity contribution in [2.75, 3.05) is 18.5 Å². The minimum atomic E-state index is -3.11. The molecule has 38 heavy (non-hydrogen) atoms. The summed E-state index contributed by atoms with van der Waals surface area (Å²) in [5, 5.41) is 17.2. The first-order valence-electron chi connectivity index (χ1n) is 11.6. The number of hydrogen-bond donors (Lipinski definition) is 2. The maximum absolute atomic E-state index is 13.2. The van der Waals surface area contributed by atoms with Gasteiger partial charge in [0.25, 0.3) is 5.91 Å². The van der Waals surface area contributed by atoms with Crippen LogP contribution in [0.15, 0.2) is 42.9 Å². The lowest BCUT2D eigenvalue weighted by molar-refractivity contribution is -0.132. The molecule has 0 bridgehead atoms. The van der Waals surface area contributed by atoms with Crippen LogP contribution in [-0.2, 0) is 11.2 Å². The molecule has 1 saturated heterocycles. The van der Waals surface area contributed by atoms with Crippen LogP contribution in [0.2, 0.25) is 5.02 Å². The molecule has 4 aromatic rings. The summed E-state index contributed by atoms with van der Waals surface area (Å²) < 4.78 is 32.4. The fourth-order valence-corrected chi connectivity index (χ4v) is 5.47. The molecule has 14 heteroatoms. The zero-order valence-electron chi connectivity index (χ0n) is 19.7. The van der Waals surface area contributed by atoms with Crippen LogP contribution in [0.1, 0.15) is 28.2 Å². The van der Waals surface area contributed by atoms with Gasteiger partial charge >= 0.3 is 6.61 Å². The highest BCUT2D eigenvalue weighted by Gasteiger charge is 2.30. The van der Waals surface area contributed by atoms with E-state index in [4.69, 9.17) is 11.6 Å². The van der Waals surface area contributed by atoms with E-state index in [1.54, 1.807) is 17.2 Å². The van der Waals surface area contributed by atoms with Crippen LogP contribution in [-0.4, -0.2) is 67.2 Å². The van der Waals surface area contributed by atoms with Crippen LogP contribution in [0.5, 0.6) is 5.75 Å². The van der Waals surface area contributed by atoms with Gasteiger partial charge in [-0.25, -0.2) is 14.5 Å². The van der Waals surface area contributed by atoms with E-state index in [2.05, 4.69) is 25.1 Å². The fourth-order valence-electron chi connectivity index (χ4n) is 4.34. The highest BCUT2D eigenvalue weighted by Crippen LogP contribution is 2.40. The number of anilines is 1. The number of likely N-dealkylation sites (tertiary alicyclic amines) is 1. The number of thiazole rings is 1. The molecule has 2 amide bonds. The smallest absolute Gasteiger partial charge is 0.387 e. The second kappa shape index (κ2) is 11.0. The Kier molecular flexibility index (Phi) is 7.49. The number of fused-ring (bicyclic) bond motifs is 1. The van der Waals surface area contributed by atoms with E-state index in [1.165, 1.54) is 35.1 Å². The molecule has 1 aliphatic rings. The molecule has 3 aromatic heterocycles. The maximum Gasteiger partial charge on any atom is 0.387 e. The zero-order chi connectivity index (χ0) is 26.8. The average molecular weight is 563 g/mol. The van der Waals surface area contributed by atoms with E-state index < -0.39 is 12.5 Å². The topological polar surface area (TPSA) is 122 Å². The van der Waals surface area contributed by atoms with Gasteiger partial charge in [0.1, 0.15) is 27.0 Å². The number of aliphatic hydroxyl groups is 1. The third kappa shape index (κ3) is 5.30. The van der Waals surface area contributed by atoms with Gasteiger partial charge in [-0.05, 0) is 37.1 Å². The molecule has 1 aromatic carbocycles. The van der Waals surface area contributed by atoms with Crippen molar-refractivity contribution in [1.29, 1.82) is 0 Å². The number of hydrogen-bond acceptors (Lipinski definition) is 8. The number of benzene rings is 1. The summed E-state index contributed by atoms with van der Waals surface area (Å²) in [4.78, 5) is 36.5. The van der Waals surface area contributed by atoms with Gasteiger partial charge in [0.05, 0.1) is 25.3 Å². The second-order valence-corrected chi connectivity index (χ2v) is 9.97. The summed E-state index contributed by atoms with van der Waals surface area (Å²) in [5.74, 6) is -0.984. The number of aliphatic hydroxyl groups excluding tert-OH is 1. The molecule has 10 nitrogen and oxygen atoms in total. The lowest BCUT2D eigenvalue weighted by Crippen LogP contribution is -2.38. The minimum absolute atomic E-state index is 0.103. The monoisotopic (exact) mass is 562 g/mol. The lowest BCUT2D eigenvalue weighted by Gasteiger charge is -2.22. The van der Waals surface area contributed by atoms with Crippen LogP contribution in [0.25, 0.3) is 16.9 Å². The van der Waals surface area contributed by atoms with Gasteiger partial charge in [-0.1, -0.05) is 11.6 Å². The number of alkyl halides is 2. The molecule has 5 rings (SSSR count). The number of ether oxygens (including phenoxy) is 1. The number of amides is 2. The lowest BCUT2D eigenvalue weighted by atomic mass is 10.1. The van der Waals surface area contributed by atoms with Crippen LogP contribution in [0.3, 0.4) is 0 Å². The van der Waals surface area contributed by atoms with E-state index in [9.17, 15) is 23.5 Å². The largest absolute Gasteiger partial charge is 0.434 e. The van der Waals surface area contributed by atoms with Crippen molar-refractivity contribution in [2.45, 2.75) is 31.9 Å². The Morgan fingerprint density at radius 2 is 2.18 bits per heavy atom. The van der Waals surface area contributed by atoms with E-state index in [0.717, 1.165) is 17.8 Å². The Morgan fingerprint density at radius 1 is 1.34 bits per heavy atom. The quantitative estimate of drug-likeness (QED) is 0.334. The first kappa shape index (κ1) is 25.9. The molecule has 4 heterocycles. The summed E-state index contributed by atoms with van der Waals surface area (Å²) in [7, 11) is 0. The first-order valence-corrected chi connectivity index (χ1v) is 12.8. The molecule has 198 valence electrons. The molecule has 0 saturated carbocycles. The van der Waals surface area contributed by atoms with Crippen molar-refractivity contribution in [3.8, 4) is 17.0 Å². The number of aromatic nitrogens is 4. The normalized spacial score (nSPS) is 15.4. The summed E-state index contributed by atoms with van der Waals surface area (Å²) >= 11 is 7.19. The third-order valence-corrected chi connectivity index (χ3v) is 7.25. The SMILES string of the molecule is O=C(Nc1sc(CC(=O)N2CCC[C@H]2CO)nc1-c1cc(Cl)ccc1OC(F)F)c1cnn2cccnc12. The van der Waals surface area contributed by atoms with Crippen LogP contribution >= 0.6 is 22.9 Å². The number of carbonyl (C=O) groups is 2. The number of nitrogens with one attached hydrogen (secondary N) is 1. The van der Waals surface area contributed by atoms with Crippen LogP contribution in [0, 0.1) is 0 Å². The molecule has 2 N–H and O–H groups in total. The van der Waals surface area contributed by atoms with Gasteiger partial charge in [-0.2, -0.15) is 13.9 Å². The first-order chi connectivity index (χ1) is 18.3. The van der Waals surface area contributed by atoms with Crippen molar-refractivity contribution in [3.05, 3.63) is 58.4 Å². The molecule has 1 atom stereocenters. The molecular weight excluding hydrogens is 542 g/mol. The summed E-state index contributed by atoms with van der Waals surface area (Å²) in [6.07, 6.45) is 5.90. The molecule has 0 unspecified atom stereocenters. The summed E-state index contributed by atoms with van der Waals surface area (Å²) in [5.41, 5.74) is 0.741. The van der Waals surface area contributed by atoms with Gasteiger partial charge in [0, 0.05) is 29.5 Å². The zero-order valence-corrected chi connectivity index (χ0v) is 21.3. The fraction of sp³-hybridized carbons (Fsp3) is 0.292. The van der Waals surface area contributed by atoms with Crippen LogP contribution in [0.4, 0.5) is 13.8 Å². The molecule has 0 radical (unpaired) electrons. The van der Waals surface area contributed by atoms with Gasteiger partial charge < -0.3 is 20.1 Å². The minimum Gasteiger partial charge on any atom is -0.434 e. The molecule has 0 spiro atoms. The predicted molar refractivity (Wildman–Crippen MR) is 136 cm³/mol. The Bertz CT molecular complexity index is 1500. The van der Waals surface area contributed by atoms with E-state index in [-0.39, 0.29) is 57.6 Å². The standard InChI is InChI=1S/C24H21ClF2N6O4S/c25-13-4-5-17(37-24(26)27)15(9-13)20-23(31-22(36)16-11-29-33-8-2-6-28-21(16)33)38-18(30-20)10-19(35)32-7-1-3-14(32)12-34/h2,4-6,8-9,11,14,24,34H,1,3,7,10,12H2,(H,31,36)/t14-/m0/s1. The number of rotatable bonds is 8. The van der Waals surface area contributed by atoms with E-state index in [1.807, 2.05) is 0 Å². The Morgan fingerprint density at radius 3 is 2.97 bits per heavy atom. The van der Waals surface area contributed by atoms with Gasteiger partial charge in [0.2, 0.25) is 5.91 Å². The van der Waals surface area contributed by atoms with Crippen molar-refractivity contribution in [3.63, 3.8) is 0 Å². The Hall–Kier alpha value is -3.68. The maximum atomic E-state index is 13.2. The highest BCUT2D eigenvalue weighted by molar-refractivity contribution is 7.16. The second-order valence-electron chi connectivity index (χ2n) is 8.45. The summed E-state index contributed by atoms with van der Waals surface area (Å²) in [6.45, 7) is -2.72. The van der Waals surface area contributed by atoms with Crippen molar-refractivity contribution in [2.24, 2.45) is 0 Å².